The number of rotatable bonds is 6. The Balaban J connectivity index is 1.43. The van der Waals surface area contributed by atoms with E-state index in [1.807, 2.05) is 25.1 Å². The van der Waals surface area contributed by atoms with E-state index >= 15 is 0 Å². The number of aromatic hydroxyl groups is 1. The molecular formula is C24H26ClN5OS. The molecule has 3 heterocycles. The molecule has 1 fully saturated rings. The van der Waals surface area contributed by atoms with Crippen LogP contribution in [0.2, 0.25) is 5.02 Å². The molecule has 5 rings (SSSR count). The second-order valence-corrected chi connectivity index (χ2v) is 9.57. The summed E-state index contributed by atoms with van der Waals surface area (Å²) >= 11 is 7.86. The lowest BCUT2D eigenvalue weighted by atomic mass is 10.0. The number of aryl methyl sites for hydroxylation is 1. The molecule has 2 aromatic carbocycles. The highest BCUT2D eigenvalue weighted by molar-refractivity contribution is 7.17. The molecule has 0 amide bonds. The van der Waals surface area contributed by atoms with Crippen molar-refractivity contribution in [3.63, 3.8) is 0 Å². The minimum atomic E-state index is -0.0915. The lowest BCUT2D eigenvalue weighted by molar-refractivity contribution is 0.105. The van der Waals surface area contributed by atoms with Crippen LogP contribution in [0, 0.1) is 0 Å². The van der Waals surface area contributed by atoms with Crippen LogP contribution in [0.4, 0.5) is 0 Å². The highest BCUT2D eigenvalue weighted by atomic mass is 35.5. The van der Waals surface area contributed by atoms with Crippen LogP contribution in [0.15, 0.2) is 54.6 Å². The van der Waals surface area contributed by atoms with Gasteiger partial charge >= 0.3 is 0 Å². The zero-order valence-corrected chi connectivity index (χ0v) is 19.6. The number of benzene rings is 2. The second kappa shape index (κ2) is 9.19. The zero-order valence-electron chi connectivity index (χ0n) is 18.0. The maximum atomic E-state index is 11.1. The predicted octanol–water partition coefficient (Wildman–Crippen LogP) is 4.62. The van der Waals surface area contributed by atoms with Crippen LogP contribution in [-0.4, -0.2) is 55.7 Å². The van der Waals surface area contributed by atoms with E-state index in [-0.39, 0.29) is 11.9 Å². The number of hydrogen-bond donors (Lipinski definition) is 1. The van der Waals surface area contributed by atoms with E-state index in [2.05, 4.69) is 56.3 Å². The maximum Gasteiger partial charge on any atom is 0.230 e. The number of thiazole rings is 1. The fourth-order valence-electron chi connectivity index (χ4n) is 4.34. The van der Waals surface area contributed by atoms with E-state index in [9.17, 15) is 5.11 Å². The second-order valence-electron chi connectivity index (χ2n) is 8.12. The highest BCUT2D eigenvalue weighted by Gasteiger charge is 2.31. The Morgan fingerprint density at radius 1 is 1.06 bits per heavy atom. The Bertz CT molecular complexity index is 1200. The average molecular weight is 468 g/mol. The lowest BCUT2D eigenvalue weighted by Gasteiger charge is -2.39. The summed E-state index contributed by atoms with van der Waals surface area (Å²) in [5, 5.41) is 16.2. The molecule has 1 aliphatic heterocycles. The maximum absolute atomic E-state index is 11.1. The van der Waals surface area contributed by atoms with Gasteiger partial charge in [0.15, 0.2) is 5.82 Å². The summed E-state index contributed by atoms with van der Waals surface area (Å²) in [6.45, 7) is 6.70. The summed E-state index contributed by atoms with van der Waals surface area (Å²) in [6, 6.07) is 18.4. The summed E-state index contributed by atoms with van der Waals surface area (Å²) < 4.78 is 1.57. The Morgan fingerprint density at radius 3 is 2.53 bits per heavy atom. The largest absolute Gasteiger partial charge is 0.492 e. The van der Waals surface area contributed by atoms with Crippen LogP contribution in [-0.2, 0) is 13.0 Å². The average Bonchev–Trinajstić information content (AvgIpc) is 3.35. The van der Waals surface area contributed by atoms with Crippen molar-refractivity contribution in [2.75, 3.05) is 26.2 Å². The third kappa shape index (κ3) is 4.26. The van der Waals surface area contributed by atoms with Crippen LogP contribution in [0.1, 0.15) is 34.8 Å². The first-order chi connectivity index (χ1) is 15.6. The molecule has 2 aromatic heterocycles. The topological polar surface area (TPSA) is 56.9 Å². The molecule has 166 valence electrons. The van der Waals surface area contributed by atoms with Crippen molar-refractivity contribution in [3.05, 3.63) is 81.4 Å². The van der Waals surface area contributed by atoms with E-state index in [0.29, 0.717) is 5.02 Å². The first-order valence-electron chi connectivity index (χ1n) is 11.0. The van der Waals surface area contributed by atoms with Crippen LogP contribution in [0.5, 0.6) is 5.88 Å². The van der Waals surface area contributed by atoms with E-state index in [1.165, 1.54) is 16.9 Å². The van der Waals surface area contributed by atoms with Gasteiger partial charge in [0.1, 0.15) is 0 Å². The first-order valence-corrected chi connectivity index (χ1v) is 12.1. The standard InChI is InChI=1S/C24H26ClN5OS/c1-2-20-26-24-30(27-20)23(31)22(32-24)21(18-9-6-10-19(25)15-18)29-13-11-28(12-14-29)16-17-7-4-3-5-8-17/h3-10,15,21,31H,2,11-14,16H2,1H3/t21-/m0/s1. The molecule has 0 spiro atoms. The summed E-state index contributed by atoms with van der Waals surface area (Å²) in [7, 11) is 0. The van der Waals surface area contributed by atoms with E-state index in [4.69, 9.17) is 11.6 Å². The Hall–Kier alpha value is -2.45. The van der Waals surface area contributed by atoms with Crippen molar-refractivity contribution in [1.82, 2.24) is 24.4 Å². The molecule has 0 saturated carbocycles. The third-order valence-corrected chi connectivity index (χ3v) is 7.30. The van der Waals surface area contributed by atoms with Gasteiger partial charge in [-0.3, -0.25) is 9.80 Å². The molecule has 1 N–H and O–H groups in total. The van der Waals surface area contributed by atoms with Gasteiger partial charge < -0.3 is 5.11 Å². The zero-order chi connectivity index (χ0) is 22.1. The number of hydrogen-bond acceptors (Lipinski definition) is 6. The van der Waals surface area contributed by atoms with Gasteiger partial charge in [-0.25, -0.2) is 4.98 Å². The van der Waals surface area contributed by atoms with Crippen LogP contribution < -0.4 is 0 Å². The number of halogens is 1. The van der Waals surface area contributed by atoms with Crippen molar-refractivity contribution in [3.8, 4) is 5.88 Å². The molecule has 32 heavy (non-hydrogen) atoms. The minimum Gasteiger partial charge on any atom is -0.492 e. The smallest absolute Gasteiger partial charge is 0.230 e. The number of fused-ring (bicyclic) bond motifs is 1. The van der Waals surface area contributed by atoms with Gasteiger partial charge in [0.25, 0.3) is 0 Å². The molecular weight excluding hydrogens is 442 g/mol. The van der Waals surface area contributed by atoms with Gasteiger partial charge in [-0.05, 0) is 23.3 Å². The fraction of sp³-hybridized carbons (Fsp3) is 0.333. The number of nitrogens with zero attached hydrogens (tertiary/aromatic N) is 5. The SMILES string of the molecule is CCc1nc2sc([C@H](c3cccc(Cl)c3)N3CCN(Cc4ccccc4)CC3)c(O)n2n1. The van der Waals surface area contributed by atoms with Crippen molar-refractivity contribution < 1.29 is 5.11 Å². The monoisotopic (exact) mass is 467 g/mol. The van der Waals surface area contributed by atoms with Gasteiger partial charge in [-0.2, -0.15) is 4.52 Å². The summed E-state index contributed by atoms with van der Waals surface area (Å²) in [5.74, 6) is 0.917. The Kier molecular flexibility index (Phi) is 6.15. The molecule has 0 radical (unpaired) electrons. The molecule has 1 atom stereocenters. The van der Waals surface area contributed by atoms with Crippen molar-refractivity contribution in [2.24, 2.45) is 0 Å². The number of piperazine rings is 1. The van der Waals surface area contributed by atoms with E-state index in [0.717, 1.165) is 60.4 Å². The molecule has 0 aliphatic carbocycles. The van der Waals surface area contributed by atoms with Crippen molar-refractivity contribution >= 4 is 27.9 Å². The molecule has 8 heteroatoms. The van der Waals surface area contributed by atoms with Crippen LogP contribution in [0.3, 0.4) is 0 Å². The Labute approximate surface area is 196 Å². The van der Waals surface area contributed by atoms with Gasteiger partial charge in [-0.15, -0.1) is 5.10 Å². The third-order valence-electron chi connectivity index (χ3n) is 5.99. The molecule has 4 aromatic rings. The van der Waals surface area contributed by atoms with Crippen LogP contribution in [0.25, 0.3) is 4.96 Å². The normalized spacial score (nSPS) is 16.6. The van der Waals surface area contributed by atoms with Crippen molar-refractivity contribution in [1.29, 1.82) is 0 Å². The Morgan fingerprint density at radius 2 is 1.84 bits per heavy atom. The quantitative estimate of drug-likeness (QED) is 0.448. The predicted molar refractivity (Wildman–Crippen MR) is 128 cm³/mol. The van der Waals surface area contributed by atoms with E-state index in [1.54, 1.807) is 4.52 Å². The minimum absolute atomic E-state index is 0.0915. The molecule has 0 unspecified atom stereocenters. The summed E-state index contributed by atoms with van der Waals surface area (Å²) in [4.78, 5) is 11.1. The van der Waals surface area contributed by atoms with Gasteiger partial charge in [0, 0.05) is 44.2 Å². The molecule has 1 aliphatic rings. The molecule has 0 bridgehead atoms. The number of aromatic nitrogens is 3. The fourth-order valence-corrected chi connectivity index (χ4v) is 5.68. The lowest BCUT2D eigenvalue weighted by Crippen LogP contribution is -2.47. The summed E-state index contributed by atoms with van der Waals surface area (Å²) in [6.07, 6.45) is 0.740. The van der Waals surface area contributed by atoms with Gasteiger partial charge in [0.2, 0.25) is 10.8 Å². The van der Waals surface area contributed by atoms with Gasteiger partial charge in [0.05, 0.1) is 10.9 Å². The summed E-state index contributed by atoms with van der Waals surface area (Å²) in [5.41, 5.74) is 2.41. The van der Waals surface area contributed by atoms with Crippen molar-refractivity contribution in [2.45, 2.75) is 25.9 Å². The molecule has 6 nitrogen and oxygen atoms in total. The van der Waals surface area contributed by atoms with Crippen LogP contribution >= 0.6 is 22.9 Å². The molecule has 1 saturated heterocycles. The van der Waals surface area contributed by atoms with Gasteiger partial charge in [-0.1, -0.05) is 72.3 Å². The van der Waals surface area contributed by atoms with E-state index < -0.39 is 0 Å². The highest BCUT2D eigenvalue weighted by Crippen LogP contribution is 2.40. The first kappa shape index (κ1) is 21.4.